The highest BCUT2D eigenvalue weighted by Crippen LogP contribution is 2.28. The van der Waals surface area contributed by atoms with Crippen molar-refractivity contribution in [2.45, 2.75) is 6.61 Å². The van der Waals surface area contributed by atoms with E-state index in [0.717, 1.165) is 34.9 Å². The summed E-state index contributed by atoms with van der Waals surface area (Å²) in [7, 11) is 1.60. The molecule has 0 amide bonds. The molecule has 0 bridgehead atoms. The van der Waals surface area contributed by atoms with Gasteiger partial charge in [0.25, 0.3) is 0 Å². The Morgan fingerprint density at radius 2 is 2.32 bits per heavy atom. The largest absolute Gasteiger partial charge is 0.478 e. The van der Waals surface area contributed by atoms with Gasteiger partial charge in [0.15, 0.2) is 5.13 Å². The summed E-state index contributed by atoms with van der Waals surface area (Å²) in [6.07, 6.45) is 2.69. The van der Waals surface area contributed by atoms with E-state index in [9.17, 15) is 4.79 Å². The lowest BCUT2D eigenvalue weighted by atomic mass is 10.3. The maximum Gasteiger partial charge on any atom is 0.328 e. The molecule has 0 unspecified atom stereocenters. The Bertz CT molecular complexity index is 466. The van der Waals surface area contributed by atoms with Crippen molar-refractivity contribution in [2.24, 2.45) is 0 Å². The Labute approximate surface area is 115 Å². The van der Waals surface area contributed by atoms with Crippen molar-refractivity contribution in [3.63, 3.8) is 0 Å². The lowest BCUT2D eigenvalue weighted by Crippen LogP contribution is -2.36. The summed E-state index contributed by atoms with van der Waals surface area (Å²) in [5.74, 6) is -0.968. The van der Waals surface area contributed by atoms with Crippen LogP contribution in [0.4, 0.5) is 5.13 Å². The molecular weight excluding hydrogens is 268 g/mol. The van der Waals surface area contributed by atoms with Gasteiger partial charge in [0.1, 0.15) is 0 Å². The summed E-state index contributed by atoms with van der Waals surface area (Å²) in [4.78, 5) is 18.1. The molecule has 0 aliphatic carbocycles. The number of carboxylic acids is 1. The van der Waals surface area contributed by atoms with Crippen LogP contribution >= 0.6 is 11.3 Å². The average molecular weight is 284 g/mol. The quantitative estimate of drug-likeness (QED) is 0.820. The van der Waals surface area contributed by atoms with Crippen molar-refractivity contribution in [2.75, 3.05) is 38.3 Å². The minimum atomic E-state index is -0.968. The van der Waals surface area contributed by atoms with Crippen molar-refractivity contribution in [1.82, 2.24) is 4.98 Å². The highest BCUT2D eigenvalue weighted by Gasteiger charge is 2.17. The molecule has 1 saturated heterocycles. The van der Waals surface area contributed by atoms with Gasteiger partial charge in [-0.25, -0.2) is 9.78 Å². The van der Waals surface area contributed by atoms with Crippen molar-refractivity contribution in [3.05, 3.63) is 16.6 Å². The molecular formula is C12H16N2O4S. The monoisotopic (exact) mass is 284 g/mol. The van der Waals surface area contributed by atoms with Crippen LogP contribution < -0.4 is 4.90 Å². The number of thiazole rings is 1. The van der Waals surface area contributed by atoms with Crippen LogP contribution in [-0.4, -0.2) is 49.5 Å². The number of aromatic nitrogens is 1. The van der Waals surface area contributed by atoms with Gasteiger partial charge in [0.05, 0.1) is 30.4 Å². The first kappa shape index (κ1) is 14.0. The predicted molar refractivity (Wildman–Crippen MR) is 72.5 cm³/mol. The van der Waals surface area contributed by atoms with Crippen LogP contribution in [0.5, 0.6) is 0 Å². The van der Waals surface area contributed by atoms with E-state index in [2.05, 4.69) is 9.88 Å². The van der Waals surface area contributed by atoms with Gasteiger partial charge >= 0.3 is 5.97 Å². The van der Waals surface area contributed by atoms with E-state index in [-0.39, 0.29) is 0 Å². The average Bonchev–Trinajstić information content (AvgIpc) is 2.81. The third kappa shape index (κ3) is 3.76. The summed E-state index contributed by atoms with van der Waals surface area (Å²) in [5, 5.41) is 9.58. The first-order valence-electron chi connectivity index (χ1n) is 5.93. The number of ether oxygens (including phenoxy) is 2. The standard InChI is InChI=1S/C12H16N2O4S/c1-17-8-9-10(2-3-11(15)16)19-12(13-9)14-4-6-18-7-5-14/h2-3H,4-8H2,1H3,(H,15,16)/b3-2+. The van der Waals surface area contributed by atoms with Gasteiger partial charge in [-0.1, -0.05) is 11.3 Å². The van der Waals surface area contributed by atoms with E-state index in [1.54, 1.807) is 13.2 Å². The Balaban J connectivity index is 2.20. The number of nitrogens with zero attached hydrogens (tertiary/aromatic N) is 2. The maximum absolute atomic E-state index is 10.6. The highest BCUT2D eigenvalue weighted by molar-refractivity contribution is 7.16. The van der Waals surface area contributed by atoms with Gasteiger partial charge in [-0.05, 0) is 6.08 Å². The smallest absolute Gasteiger partial charge is 0.328 e. The summed E-state index contributed by atoms with van der Waals surface area (Å²) in [6.45, 7) is 3.38. The summed E-state index contributed by atoms with van der Waals surface area (Å²) < 4.78 is 10.4. The van der Waals surface area contributed by atoms with Crippen LogP contribution in [0.15, 0.2) is 6.08 Å². The topological polar surface area (TPSA) is 71.9 Å². The third-order valence-electron chi connectivity index (χ3n) is 2.66. The molecule has 0 saturated carbocycles. The minimum Gasteiger partial charge on any atom is -0.478 e. The molecule has 1 aliphatic rings. The lowest BCUT2D eigenvalue weighted by Gasteiger charge is -2.26. The van der Waals surface area contributed by atoms with Crippen molar-refractivity contribution in [1.29, 1.82) is 0 Å². The molecule has 2 heterocycles. The first-order valence-corrected chi connectivity index (χ1v) is 6.74. The molecule has 0 radical (unpaired) electrons. The van der Waals surface area contributed by atoms with Crippen molar-refractivity contribution in [3.8, 4) is 0 Å². The van der Waals surface area contributed by atoms with Gasteiger partial charge in [0, 0.05) is 26.3 Å². The number of aliphatic carboxylic acids is 1. The van der Waals surface area contributed by atoms with Crippen molar-refractivity contribution < 1.29 is 19.4 Å². The molecule has 104 valence electrons. The fourth-order valence-electron chi connectivity index (χ4n) is 1.76. The zero-order valence-corrected chi connectivity index (χ0v) is 11.5. The molecule has 1 aromatic heterocycles. The second kappa shape index (κ2) is 6.65. The second-order valence-corrected chi connectivity index (χ2v) is 5.02. The number of anilines is 1. The Kier molecular flexibility index (Phi) is 4.89. The Morgan fingerprint density at radius 1 is 1.58 bits per heavy atom. The lowest BCUT2D eigenvalue weighted by molar-refractivity contribution is -0.131. The normalized spacial score (nSPS) is 16.2. The fraction of sp³-hybridized carbons (Fsp3) is 0.500. The maximum atomic E-state index is 10.6. The molecule has 1 aromatic rings. The summed E-state index contributed by atoms with van der Waals surface area (Å²) in [6, 6.07) is 0. The van der Waals surface area contributed by atoms with Gasteiger partial charge in [-0.2, -0.15) is 0 Å². The number of carboxylic acid groups (broad SMARTS) is 1. The molecule has 19 heavy (non-hydrogen) atoms. The van der Waals surface area contributed by atoms with Crippen LogP contribution in [0.2, 0.25) is 0 Å². The van der Waals surface area contributed by atoms with E-state index >= 15 is 0 Å². The second-order valence-electron chi connectivity index (χ2n) is 4.01. The number of methoxy groups -OCH3 is 1. The van der Waals surface area contributed by atoms with Gasteiger partial charge < -0.3 is 19.5 Å². The van der Waals surface area contributed by atoms with E-state index in [1.165, 1.54) is 11.3 Å². The molecule has 0 aromatic carbocycles. The van der Waals surface area contributed by atoms with E-state index in [1.807, 2.05) is 0 Å². The molecule has 0 atom stereocenters. The van der Waals surface area contributed by atoms with Crippen molar-refractivity contribution >= 4 is 28.5 Å². The SMILES string of the molecule is COCc1nc(N2CCOCC2)sc1/C=C/C(=O)O. The summed E-state index contributed by atoms with van der Waals surface area (Å²) in [5.41, 5.74) is 0.770. The number of rotatable bonds is 5. The summed E-state index contributed by atoms with van der Waals surface area (Å²) >= 11 is 1.48. The Hall–Kier alpha value is -1.44. The van der Waals surface area contributed by atoms with Gasteiger partial charge in [-0.15, -0.1) is 0 Å². The number of carbonyl (C=O) groups is 1. The van der Waals surface area contributed by atoms with Crippen LogP contribution in [0.3, 0.4) is 0 Å². The van der Waals surface area contributed by atoms with Crippen LogP contribution in [0, 0.1) is 0 Å². The predicted octanol–water partition coefficient (Wildman–Crippen LogP) is 1.22. The highest BCUT2D eigenvalue weighted by atomic mass is 32.1. The molecule has 1 N–H and O–H groups in total. The number of morpholine rings is 1. The number of hydrogen-bond donors (Lipinski definition) is 1. The van der Waals surface area contributed by atoms with E-state index in [4.69, 9.17) is 14.6 Å². The minimum absolute atomic E-state index is 0.375. The van der Waals surface area contributed by atoms with Gasteiger partial charge in [-0.3, -0.25) is 0 Å². The zero-order chi connectivity index (χ0) is 13.7. The first-order chi connectivity index (χ1) is 9.20. The fourth-order valence-corrected chi connectivity index (χ4v) is 2.78. The van der Waals surface area contributed by atoms with Crippen LogP contribution in [0.25, 0.3) is 6.08 Å². The molecule has 1 aliphatic heterocycles. The van der Waals surface area contributed by atoms with E-state index < -0.39 is 5.97 Å². The molecule has 7 heteroatoms. The molecule has 1 fully saturated rings. The molecule has 0 spiro atoms. The van der Waals surface area contributed by atoms with E-state index in [0.29, 0.717) is 19.8 Å². The van der Waals surface area contributed by atoms with Crippen LogP contribution in [-0.2, 0) is 20.9 Å². The zero-order valence-electron chi connectivity index (χ0n) is 10.7. The van der Waals surface area contributed by atoms with Gasteiger partial charge in [0.2, 0.25) is 0 Å². The molecule has 2 rings (SSSR count). The van der Waals surface area contributed by atoms with Crippen LogP contribution in [0.1, 0.15) is 10.6 Å². The number of hydrogen-bond acceptors (Lipinski definition) is 6. The third-order valence-corrected chi connectivity index (χ3v) is 3.78. The molecule has 6 nitrogen and oxygen atoms in total. The Morgan fingerprint density at radius 3 is 2.95 bits per heavy atom.